The molecule has 1 heterocycles. The van der Waals surface area contributed by atoms with E-state index in [2.05, 4.69) is 14.7 Å². The predicted octanol–water partition coefficient (Wildman–Crippen LogP) is 1.30. The number of carbonyl (C=O) groups is 1. The molecule has 0 aliphatic heterocycles. The van der Waals surface area contributed by atoms with Crippen LogP contribution in [0.2, 0.25) is 0 Å². The van der Waals surface area contributed by atoms with Crippen LogP contribution < -0.4 is 5.69 Å². The first kappa shape index (κ1) is 11.1. The Kier molecular flexibility index (Phi) is 2.78. The topological polar surface area (TPSA) is 75.0 Å². The third-order valence-corrected chi connectivity index (χ3v) is 2.23. The molecule has 5 nitrogen and oxygen atoms in total. The van der Waals surface area contributed by atoms with Gasteiger partial charge in [0.05, 0.1) is 12.8 Å². The van der Waals surface area contributed by atoms with Crippen LogP contribution in [0.1, 0.15) is 10.5 Å². The third-order valence-electron chi connectivity index (χ3n) is 2.23. The molecule has 0 bridgehead atoms. The second-order valence-corrected chi connectivity index (χ2v) is 3.33. The maximum absolute atomic E-state index is 13.1. The van der Waals surface area contributed by atoms with Gasteiger partial charge in [0, 0.05) is 5.56 Å². The number of carbonyl (C=O) groups excluding carboxylic acids is 1. The van der Waals surface area contributed by atoms with Gasteiger partial charge < -0.3 is 9.72 Å². The fourth-order valence-electron chi connectivity index (χ4n) is 1.50. The van der Waals surface area contributed by atoms with Gasteiger partial charge in [0.1, 0.15) is 5.82 Å². The van der Waals surface area contributed by atoms with E-state index in [1.165, 1.54) is 25.3 Å². The normalized spacial score (nSPS) is 10.2. The van der Waals surface area contributed by atoms with E-state index in [4.69, 9.17) is 0 Å². The van der Waals surface area contributed by atoms with Gasteiger partial charge in [0.15, 0.2) is 5.69 Å². The van der Waals surface area contributed by atoms with Gasteiger partial charge >= 0.3 is 11.7 Å². The first-order valence-electron chi connectivity index (χ1n) is 4.78. The van der Waals surface area contributed by atoms with Gasteiger partial charge in [-0.2, -0.15) is 0 Å². The summed E-state index contributed by atoms with van der Waals surface area (Å²) in [7, 11) is 1.20. The number of methoxy groups -OCH3 is 1. The smallest absolute Gasteiger partial charge is 0.356 e. The van der Waals surface area contributed by atoms with E-state index in [0.717, 1.165) is 0 Å². The maximum atomic E-state index is 13.1. The van der Waals surface area contributed by atoms with Crippen molar-refractivity contribution in [3.05, 3.63) is 46.3 Å². The fourth-order valence-corrected chi connectivity index (χ4v) is 1.50. The number of halogens is 1. The fraction of sp³-hybridized carbons (Fsp3) is 0.0909. The molecular formula is C11H9FN2O3. The molecule has 1 aromatic carbocycles. The summed E-state index contributed by atoms with van der Waals surface area (Å²) < 4.78 is 17.6. The number of esters is 1. The Labute approximate surface area is 95.2 Å². The lowest BCUT2D eigenvalue weighted by atomic mass is 10.1. The van der Waals surface area contributed by atoms with Crippen molar-refractivity contribution in [1.29, 1.82) is 0 Å². The Balaban J connectivity index is 2.59. The van der Waals surface area contributed by atoms with Crippen LogP contribution >= 0.6 is 0 Å². The zero-order valence-electron chi connectivity index (χ0n) is 8.91. The Hall–Kier alpha value is -2.37. The molecule has 0 saturated carbocycles. The largest absolute Gasteiger partial charge is 0.464 e. The number of hydrogen-bond donors (Lipinski definition) is 2. The van der Waals surface area contributed by atoms with Gasteiger partial charge in [0.2, 0.25) is 0 Å². The van der Waals surface area contributed by atoms with Gasteiger partial charge in [-0.3, -0.25) is 4.98 Å². The summed E-state index contributed by atoms with van der Waals surface area (Å²) in [5, 5.41) is 0. The van der Waals surface area contributed by atoms with Crippen molar-refractivity contribution in [3.63, 3.8) is 0 Å². The lowest BCUT2D eigenvalue weighted by molar-refractivity contribution is 0.0595. The number of benzene rings is 1. The summed E-state index contributed by atoms with van der Waals surface area (Å²) in [5.41, 5.74) is 0.0258. The number of H-pyrrole nitrogens is 2. The maximum Gasteiger partial charge on any atom is 0.356 e. The van der Waals surface area contributed by atoms with Gasteiger partial charge in [-0.1, -0.05) is 12.1 Å². The molecule has 0 fully saturated rings. The van der Waals surface area contributed by atoms with Crippen molar-refractivity contribution >= 4 is 5.97 Å². The van der Waals surface area contributed by atoms with Crippen LogP contribution in [0.15, 0.2) is 29.1 Å². The molecule has 88 valence electrons. The van der Waals surface area contributed by atoms with Crippen LogP contribution in [0.25, 0.3) is 11.3 Å². The highest BCUT2D eigenvalue weighted by molar-refractivity contribution is 5.94. The van der Waals surface area contributed by atoms with Crippen LogP contribution in [-0.2, 0) is 4.74 Å². The number of imidazole rings is 1. The molecule has 0 aliphatic carbocycles. The number of aromatic nitrogens is 2. The van der Waals surface area contributed by atoms with Crippen molar-refractivity contribution in [3.8, 4) is 11.3 Å². The van der Waals surface area contributed by atoms with Crippen LogP contribution in [0, 0.1) is 5.82 Å². The van der Waals surface area contributed by atoms with Crippen molar-refractivity contribution < 1.29 is 13.9 Å². The summed E-state index contributed by atoms with van der Waals surface area (Å²) in [6.45, 7) is 0. The van der Waals surface area contributed by atoms with E-state index in [-0.39, 0.29) is 11.4 Å². The zero-order chi connectivity index (χ0) is 12.4. The molecular weight excluding hydrogens is 227 g/mol. The third kappa shape index (κ3) is 2.10. The highest BCUT2D eigenvalue weighted by Crippen LogP contribution is 2.20. The van der Waals surface area contributed by atoms with Gasteiger partial charge in [0.25, 0.3) is 0 Å². The standard InChI is InChI=1S/C11H9FN2O3/c1-17-10(15)9-8(13-11(16)14-9)6-3-2-4-7(12)5-6/h2-5H,1H3,(H2,13,14,16). The Morgan fingerprint density at radius 3 is 2.76 bits per heavy atom. The molecule has 0 unspecified atom stereocenters. The molecule has 6 heteroatoms. The molecule has 17 heavy (non-hydrogen) atoms. The number of rotatable bonds is 2. The quantitative estimate of drug-likeness (QED) is 0.771. The Bertz CT molecular complexity index is 615. The summed E-state index contributed by atoms with van der Waals surface area (Å²) >= 11 is 0. The van der Waals surface area contributed by atoms with E-state index in [9.17, 15) is 14.0 Å². The van der Waals surface area contributed by atoms with E-state index in [0.29, 0.717) is 5.56 Å². The van der Waals surface area contributed by atoms with E-state index < -0.39 is 17.5 Å². The Morgan fingerprint density at radius 2 is 2.12 bits per heavy atom. The minimum atomic E-state index is -0.692. The van der Waals surface area contributed by atoms with Crippen molar-refractivity contribution in [2.24, 2.45) is 0 Å². The Morgan fingerprint density at radius 1 is 1.35 bits per heavy atom. The van der Waals surface area contributed by atoms with Gasteiger partial charge in [-0.15, -0.1) is 0 Å². The minimum absolute atomic E-state index is 0.0249. The van der Waals surface area contributed by atoms with Gasteiger partial charge in [-0.25, -0.2) is 14.0 Å². The average molecular weight is 236 g/mol. The second-order valence-electron chi connectivity index (χ2n) is 3.33. The van der Waals surface area contributed by atoms with Crippen LogP contribution in [-0.4, -0.2) is 23.0 Å². The number of nitrogens with one attached hydrogen (secondary N) is 2. The highest BCUT2D eigenvalue weighted by atomic mass is 19.1. The number of hydrogen-bond acceptors (Lipinski definition) is 3. The predicted molar refractivity (Wildman–Crippen MR) is 58.1 cm³/mol. The molecule has 0 amide bonds. The van der Waals surface area contributed by atoms with Crippen LogP contribution in [0.4, 0.5) is 4.39 Å². The SMILES string of the molecule is COC(=O)c1[nH]c(=O)[nH]c1-c1cccc(F)c1. The summed E-state index contributed by atoms with van der Waals surface area (Å²) in [4.78, 5) is 27.3. The van der Waals surface area contributed by atoms with Gasteiger partial charge in [-0.05, 0) is 12.1 Å². The first-order chi connectivity index (χ1) is 8.11. The molecule has 0 atom stereocenters. The minimum Gasteiger partial charge on any atom is -0.464 e. The highest BCUT2D eigenvalue weighted by Gasteiger charge is 2.17. The molecule has 1 aromatic heterocycles. The monoisotopic (exact) mass is 236 g/mol. The molecule has 0 aliphatic rings. The molecule has 0 spiro atoms. The molecule has 2 N–H and O–H groups in total. The van der Waals surface area contributed by atoms with Crippen molar-refractivity contribution in [2.45, 2.75) is 0 Å². The molecule has 2 rings (SSSR count). The lowest BCUT2D eigenvalue weighted by Gasteiger charge is -2.01. The second kappa shape index (κ2) is 4.25. The molecule has 2 aromatic rings. The summed E-state index contributed by atoms with van der Waals surface area (Å²) in [6.07, 6.45) is 0. The van der Waals surface area contributed by atoms with E-state index in [1.807, 2.05) is 0 Å². The van der Waals surface area contributed by atoms with Crippen molar-refractivity contribution in [1.82, 2.24) is 9.97 Å². The lowest BCUT2D eigenvalue weighted by Crippen LogP contribution is -2.06. The molecule has 0 saturated heterocycles. The zero-order valence-corrected chi connectivity index (χ0v) is 8.91. The van der Waals surface area contributed by atoms with E-state index >= 15 is 0 Å². The van der Waals surface area contributed by atoms with Crippen LogP contribution in [0.3, 0.4) is 0 Å². The summed E-state index contributed by atoms with van der Waals surface area (Å²) in [5.74, 6) is -1.15. The number of ether oxygens (including phenoxy) is 1. The van der Waals surface area contributed by atoms with E-state index in [1.54, 1.807) is 6.07 Å². The number of aromatic amines is 2. The first-order valence-corrected chi connectivity index (χ1v) is 4.78. The van der Waals surface area contributed by atoms with Crippen molar-refractivity contribution in [2.75, 3.05) is 7.11 Å². The average Bonchev–Trinajstić information content (AvgIpc) is 2.70. The van der Waals surface area contributed by atoms with Crippen LogP contribution in [0.5, 0.6) is 0 Å². The summed E-state index contributed by atoms with van der Waals surface area (Å²) in [6, 6.07) is 5.54. The molecule has 0 radical (unpaired) electrons.